The van der Waals surface area contributed by atoms with E-state index in [0.717, 1.165) is 4.47 Å². The number of hydrogen-bond donors (Lipinski definition) is 2. The highest BCUT2D eigenvalue weighted by Gasteiger charge is 2.08. The summed E-state index contributed by atoms with van der Waals surface area (Å²) in [6.45, 7) is 0.482. The van der Waals surface area contributed by atoms with Crippen LogP contribution in [0.5, 0.6) is 5.75 Å². The summed E-state index contributed by atoms with van der Waals surface area (Å²) in [5.41, 5.74) is 0. The Hall–Kier alpha value is -1.60. The monoisotopic (exact) mass is 330 g/mol. The molecule has 0 fully saturated rings. The number of rotatable bonds is 6. The summed E-state index contributed by atoms with van der Waals surface area (Å²) in [6.07, 6.45) is 0. The predicted octanol–water partition coefficient (Wildman–Crippen LogP) is 1.30. The van der Waals surface area contributed by atoms with Crippen molar-refractivity contribution in [1.29, 1.82) is 0 Å². The average molecular weight is 331 g/mol. The summed E-state index contributed by atoms with van der Waals surface area (Å²) in [7, 11) is 1.52. The Morgan fingerprint density at radius 1 is 1.32 bits per heavy atom. The molecule has 1 aromatic carbocycles. The minimum Gasteiger partial charge on any atom is -0.483 e. The zero-order valence-corrected chi connectivity index (χ0v) is 12.0. The van der Waals surface area contributed by atoms with E-state index < -0.39 is 11.9 Å². The molecule has 0 radical (unpaired) electrons. The van der Waals surface area contributed by atoms with Crippen LogP contribution in [0.4, 0.5) is 4.79 Å². The maximum Gasteiger partial charge on any atom is 0.321 e. The van der Waals surface area contributed by atoms with Crippen molar-refractivity contribution in [3.8, 4) is 5.75 Å². The van der Waals surface area contributed by atoms with Crippen molar-refractivity contribution in [2.75, 3.05) is 26.9 Å². The maximum absolute atomic E-state index is 11.4. The Balaban J connectivity index is 2.28. The first-order chi connectivity index (χ1) is 9.13. The molecule has 2 N–H and O–H groups in total. The molecule has 6 nitrogen and oxygen atoms in total. The van der Waals surface area contributed by atoms with Gasteiger partial charge >= 0.3 is 6.03 Å². The quantitative estimate of drug-likeness (QED) is 0.771. The zero-order valence-electron chi connectivity index (χ0n) is 10.4. The van der Waals surface area contributed by atoms with Gasteiger partial charge in [-0.05, 0) is 28.1 Å². The molecule has 1 rings (SSSR count). The van der Waals surface area contributed by atoms with Gasteiger partial charge < -0.3 is 14.8 Å². The first-order valence-electron chi connectivity index (χ1n) is 5.57. The highest BCUT2D eigenvalue weighted by atomic mass is 79.9. The summed E-state index contributed by atoms with van der Waals surface area (Å²) in [5.74, 6) is 0.0168. The second kappa shape index (κ2) is 8.49. The Morgan fingerprint density at radius 2 is 2.05 bits per heavy atom. The zero-order chi connectivity index (χ0) is 14.1. The third-order valence-corrected chi connectivity index (χ3v) is 2.70. The third-order valence-electron chi connectivity index (χ3n) is 2.04. The van der Waals surface area contributed by atoms with Crippen molar-refractivity contribution >= 4 is 27.9 Å². The maximum atomic E-state index is 11.4. The summed E-state index contributed by atoms with van der Waals surface area (Å²) in [5, 5.41) is 4.61. The van der Waals surface area contributed by atoms with Crippen LogP contribution < -0.4 is 15.4 Å². The van der Waals surface area contributed by atoms with Crippen LogP contribution in [0.25, 0.3) is 0 Å². The van der Waals surface area contributed by atoms with Crippen LogP contribution in [-0.4, -0.2) is 38.8 Å². The minimum absolute atomic E-state index is 0.236. The van der Waals surface area contributed by atoms with Gasteiger partial charge in [0.05, 0.1) is 11.1 Å². The van der Waals surface area contributed by atoms with Crippen LogP contribution in [0.3, 0.4) is 0 Å². The lowest BCUT2D eigenvalue weighted by Gasteiger charge is -2.08. The van der Waals surface area contributed by atoms with Crippen LogP contribution >= 0.6 is 15.9 Å². The van der Waals surface area contributed by atoms with Crippen LogP contribution in [0.1, 0.15) is 0 Å². The number of methoxy groups -OCH3 is 1. The second-order valence-electron chi connectivity index (χ2n) is 3.52. The van der Waals surface area contributed by atoms with Gasteiger partial charge in [-0.1, -0.05) is 12.1 Å². The number of carbonyl (C=O) groups excluding carboxylic acids is 2. The number of halogens is 1. The number of hydrogen-bond acceptors (Lipinski definition) is 4. The summed E-state index contributed by atoms with van der Waals surface area (Å²) >= 11 is 3.29. The molecule has 7 heteroatoms. The fraction of sp³-hybridized carbons (Fsp3) is 0.333. The number of carbonyl (C=O) groups is 2. The van der Waals surface area contributed by atoms with Crippen LogP contribution in [0, 0.1) is 0 Å². The van der Waals surface area contributed by atoms with Crippen LogP contribution in [-0.2, 0) is 9.53 Å². The number of ether oxygens (including phenoxy) is 2. The van der Waals surface area contributed by atoms with Crippen molar-refractivity contribution in [2.24, 2.45) is 0 Å². The van der Waals surface area contributed by atoms with Gasteiger partial charge in [0, 0.05) is 13.7 Å². The van der Waals surface area contributed by atoms with Gasteiger partial charge in [-0.15, -0.1) is 0 Å². The van der Waals surface area contributed by atoms with Gasteiger partial charge in [-0.2, -0.15) is 0 Å². The highest BCUT2D eigenvalue weighted by Crippen LogP contribution is 2.23. The topological polar surface area (TPSA) is 76.7 Å². The SMILES string of the molecule is COCCNC(=O)NC(=O)COc1ccccc1Br. The number of imide groups is 1. The van der Waals surface area contributed by atoms with E-state index in [0.29, 0.717) is 18.9 Å². The lowest BCUT2D eigenvalue weighted by molar-refractivity contribution is -0.122. The van der Waals surface area contributed by atoms with Crippen LogP contribution in [0.15, 0.2) is 28.7 Å². The number of nitrogens with one attached hydrogen (secondary N) is 2. The Kier molecular flexibility index (Phi) is 6.91. The summed E-state index contributed by atoms with van der Waals surface area (Å²) < 4.78 is 10.8. The molecule has 0 aromatic heterocycles. The van der Waals surface area contributed by atoms with Gasteiger partial charge in [-0.25, -0.2) is 4.79 Å². The molecule has 0 aliphatic rings. The number of urea groups is 1. The van der Waals surface area contributed by atoms with Gasteiger partial charge in [0.2, 0.25) is 0 Å². The number of benzene rings is 1. The standard InChI is InChI=1S/C12H15BrN2O4/c1-18-7-6-14-12(17)15-11(16)8-19-10-5-3-2-4-9(10)13/h2-5H,6-8H2,1H3,(H2,14,15,16,17). The number of amides is 3. The largest absolute Gasteiger partial charge is 0.483 e. The normalized spacial score (nSPS) is 9.79. The average Bonchev–Trinajstić information content (AvgIpc) is 2.38. The molecule has 0 aliphatic carbocycles. The first kappa shape index (κ1) is 15.5. The van der Waals surface area contributed by atoms with E-state index in [-0.39, 0.29) is 6.61 Å². The molecule has 0 aliphatic heterocycles. The lowest BCUT2D eigenvalue weighted by Crippen LogP contribution is -2.42. The molecule has 0 spiro atoms. The molecule has 3 amide bonds. The minimum atomic E-state index is -0.572. The summed E-state index contributed by atoms with van der Waals surface area (Å²) in [6, 6.07) is 6.56. The molecule has 0 unspecified atom stereocenters. The first-order valence-corrected chi connectivity index (χ1v) is 6.36. The van der Waals surface area contributed by atoms with Gasteiger partial charge in [0.15, 0.2) is 6.61 Å². The van der Waals surface area contributed by atoms with Crippen molar-refractivity contribution in [3.63, 3.8) is 0 Å². The van der Waals surface area contributed by atoms with Crippen molar-refractivity contribution < 1.29 is 19.1 Å². The van der Waals surface area contributed by atoms with Crippen LogP contribution in [0.2, 0.25) is 0 Å². The Bertz CT molecular complexity index is 439. The third kappa shape index (κ3) is 6.21. The lowest BCUT2D eigenvalue weighted by atomic mass is 10.3. The fourth-order valence-corrected chi connectivity index (χ4v) is 1.58. The van der Waals surface area contributed by atoms with E-state index in [1.165, 1.54) is 7.11 Å². The molecule has 19 heavy (non-hydrogen) atoms. The van der Waals surface area contributed by atoms with E-state index in [4.69, 9.17) is 9.47 Å². The predicted molar refractivity (Wildman–Crippen MR) is 73.1 cm³/mol. The van der Waals surface area contributed by atoms with E-state index in [9.17, 15) is 9.59 Å². The number of para-hydroxylation sites is 1. The van der Waals surface area contributed by atoms with Crippen molar-refractivity contribution in [1.82, 2.24) is 10.6 Å². The molecule has 0 saturated heterocycles. The summed E-state index contributed by atoms with van der Waals surface area (Å²) in [4.78, 5) is 22.7. The molecular formula is C12H15BrN2O4. The molecule has 0 bridgehead atoms. The molecule has 104 valence electrons. The Labute approximate surface area is 119 Å². The van der Waals surface area contributed by atoms with Gasteiger partial charge in [0.1, 0.15) is 5.75 Å². The second-order valence-corrected chi connectivity index (χ2v) is 4.37. The molecule has 0 heterocycles. The van der Waals surface area contributed by atoms with E-state index in [2.05, 4.69) is 26.6 Å². The van der Waals surface area contributed by atoms with E-state index in [1.54, 1.807) is 18.2 Å². The van der Waals surface area contributed by atoms with Crippen molar-refractivity contribution in [3.05, 3.63) is 28.7 Å². The van der Waals surface area contributed by atoms with E-state index in [1.807, 2.05) is 6.07 Å². The molecule has 1 aromatic rings. The highest BCUT2D eigenvalue weighted by molar-refractivity contribution is 9.10. The molecular weight excluding hydrogens is 316 g/mol. The Morgan fingerprint density at radius 3 is 2.74 bits per heavy atom. The van der Waals surface area contributed by atoms with Crippen molar-refractivity contribution in [2.45, 2.75) is 0 Å². The van der Waals surface area contributed by atoms with Gasteiger partial charge in [0.25, 0.3) is 5.91 Å². The fourth-order valence-electron chi connectivity index (χ4n) is 1.18. The smallest absolute Gasteiger partial charge is 0.321 e. The van der Waals surface area contributed by atoms with E-state index >= 15 is 0 Å². The van der Waals surface area contributed by atoms with Gasteiger partial charge in [-0.3, -0.25) is 10.1 Å². The molecule has 0 saturated carbocycles. The molecule has 0 atom stereocenters.